The number of hydrogen-bond donors (Lipinski definition) is 2. The highest BCUT2D eigenvalue weighted by Crippen LogP contribution is 2.26. The minimum atomic E-state index is -1.07. The van der Waals surface area contributed by atoms with E-state index in [-0.39, 0.29) is 11.6 Å². The summed E-state index contributed by atoms with van der Waals surface area (Å²) in [5.41, 5.74) is 0.746. The number of rotatable bonds is 2. The van der Waals surface area contributed by atoms with E-state index < -0.39 is 11.8 Å². The van der Waals surface area contributed by atoms with Gasteiger partial charge in [0, 0.05) is 6.04 Å². The molecule has 1 heterocycles. The Morgan fingerprint density at radius 3 is 2.93 bits per heavy atom. The number of carbonyl (C=O) groups is 1. The predicted octanol–water partition coefficient (Wildman–Crippen LogP) is 1.95. The van der Waals surface area contributed by atoms with Gasteiger partial charge in [0.05, 0.1) is 5.56 Å². The van der Waals surface area contributed by atoms with Crippen LogP contribution in [0.4, 0.5) is 4.39 Å². The number of halogens is 1. The minimum Gasteiger partial charge on any atom is -0.478 e. The van der Waals surface area contributed by atoms with Crippen LogP contribution in [0, 0.1) is 5.82 Å². The first-order valence-electron chi connectivity index (χ1n) is 4.94. The van der Waals surface area contributed by atoms with Crippen molar-refractivity contribution in [2.45, 2.75) is 18.9 Å². The summed E-state index contributed by atoms with van der Waals surface area (Å²) < 4.78 is 12.9. The SMILES string of the molecule is O=C(O)c1cc(F)ccc1[C@H]1CCCN1. The fourth-order valence-electron chi connectivity index (χ4n) is 1.97. The van der Waals surface area contributed by atoms with Gasteiger partial charge in [0.1, 0.15) is 5.82 Å². The third kappa shape index (κ3) is 1.99. The van der Waals surface area contributed by atoms with Gasteiger partial charge in [0.25, 0.3) is 0 Å². The Bertz CT molecular complexity index is 386. The molecule has 2 rings (SSSR count). The molecule has 1 aromatic carbocycles. The summed E-state index contributed by atoms with van der Waals surface area (Å²) in [6, 6.07) is 4.00. The van der Waals surface area contributed by atoms with Gasteiger partial charge >= 0.3 is 5.97 Å². The Labute approximate surface area is 86.9 Å². The van der Waals surface area contributed by atoms with Crippen LogP contribution in [0.1, 0.15) is 34.8 Å². The third-order valence-corrected chi connectivity index (χ3v) is 2.68. The number of nitrogens with one attached hydrogen (secondary N) is 1. The van der Waals surface area contributed by atoms with Gasteiger partial charge in [0.2, 0.25) is 0 Å². The van der Waals surface area contributed by atoms with Crippen molar-refractivity contribution >= 4 is 5.97 Å². The number of aromatic carboxylic acids is 1. The zero-order valence-corrected chi connectivity index (χ0v) is 8.16. The Balaban J connectivity index is 2.40. The Kier molecular flexibility index (Phi) is 2.68. The summed E-state index contributed by atoms with van der Waals surface area (Å²) in [7, 11) is 0. The van der Waals surface area contributed by atoms with E-state index in [1.54, 1.807) is 6.07 Å². The van der Waals surface area contributed by atoms with Gasteiger partial charge in [-0.1, -0.05) is 6.07 Å². The molecule has 0 spiro atoms. The molecule has 0 unspecified atom stereocenters. The minimum absolute atomic E-state index is 0.0525. The van der Waals surface area contributed by atoms with Gasteiger partial charge in [-0.15, -0.1) is 0 Å². The van der Waals surface area contributed by atoms with Crippen LogP contribution in [0.3, 0.4) is 0 Å². The maximum atomic E-state index is 12.9. The van der Waals surface area contributed by atoms with Gasteiger partial charge in [-0.25, -0.2) is 9.18 Å². The second kappa shape index (κ2) is 3.98. The van der Waals surface area contributed by atoms with Crippen LogP contribution in [0.2, 0.25) is 0 Å². The van der Waals surface area contributed by atoms with Crippen LogP contribution in [0.5, 0.6) is 0 Å². The summed E-state index contributed by atoms with van der Waals surface area (Å²) in [6.07, 6.45) is 1.94. The molecule has 1 aliphatic rings. The van der Waals surface area contributed by atoms with Crippen LogP contribution in [0.15, 0.2) is 18.2 Å². The first-order chi connectivity index (χ1) is 7.18. The molecular weight excluding hydrogens is 197 g/mol. The Morgan fingerprint density at radius 1 is 1.53 bits per heavy atom. The second-order valence-electron chi connectivity index (χ2n) is 3.69. The van der Waals surface area contributed by atoms with E-state index >= 15 is 0 Å². The van der Waals surface area contributed by atoms with E-state index in [4.69, 9.17) is 5.11 Å². The largest absolute Gasteiger partial charge is 0.478 e. The highest BCUT2D eigenvalue weighted by atomic mass is 19.1. The smallest absolute Gasteiger partial charge is 0.336 e. The summed E-state index contributed by atoms with van der Waals surface area (Å²) in [5.74, 6) is -1.58. The van der Waals surface area contributed by atoms with Crippen molar-refractivity contribution in [1.29, 1.82) is 0 Å². The first-order valence-corrected chi connectivity index (χ1v) is 4.94. The topological polar surface area (TPSA) is 49.3 Å². The molecule has 1 fully saturated rings. The molecule has 3 nitrogen and oxygen atoms in total. The second-order valence-corrected chi connectivity index (χ2v) is 3.69. The van der Waals surface area contributed by atoms with Crippen molar-refractivity contribution in [3.05, 3.63) is 35.1 Å². The average molecular weight is 209 g/mol. The lowest BCUT2D eigenvalue weighted by molar-refractivity contribution is 0.0694. The molecule has 80 valence electrons. The Morgan fingerprint density at radius 2 is 2.33 bits per heavy atom. The van der Waals surface area contributed by atoms with E-state index in [1.807, 2.05) is 0 Å². The van der Waals surface area contributed by atoms with E-state index in [0.717, 1.165) is 25.5 Å². The molecule has 0 aliphatic carbocycles. The standard InChI is InChI=1S/C11H12FNO2/c12-7-3-4-8(9(6-7)11(14)15)10-2-1-5-13-10/h3-4,6,10,13H,1-2,5H2,(H,14,15)/t10-/m1/s1. The maximum Gasteiger partial charge on any atom is 0.336 e. The van der Waals surface area contributed by atoms with Crippen LogP contribution in [0.25, 0.3) is 0 Å². The van der Waals surface area contributed by atoms with Crippen molar-refractivity contribution in [2.75, 3.05) is 6.54 Å². The number of carboxylic acid groups (broad SMARTS) is 1. The van der Waals surface area contributed by atoms with Crippen molar-refractivity contribution < 1.29 is 14.3 Å². The van der Waals surface area contributed by atoms with Gasteiger partial charge < -0.3 is 10.4 Å². The molecule has 0 amide bonds. The Hall–Kier alpha value is -1.42. The van der Waals surface area contributed by atoms with Crippen molar-refractivity contribution in [1.82, 2.24) is 5.32 Å². The molecule has 0 bridgehead atoms. The molecule has 1 aromatic rings. The lowest BCUT2D eigenvalue weighted by atomic mass is 9.99. The molecule has 4 heteroatoms. The zero-order chi connectivity index (χ0) is 10.8. The molecule has 15 heavy (non-hydrogen) atoms. The number of carboxylic acids is 1. The van der Waals surface area contributed by atoms with Gasteiger partial charge in [-0.3, -0.25) is 0 Å². The molecule has 1 atom stereocenters. The molecule has 0 aromatic heterocycles. The van der Waals surface area contributed by atoms with Gasteiger partial charge in [0.15, 0.2) is 0 Å². The quantitative estimate of drug-likeness (QED) is 0.782. The van der Waals surface area contributed by atoms with Gasteiger partial charge in [-0.05, 0) is 37.1 Å². The van der Waals surface area contributed by atoms with E-state index in [1.165, 1.54) is 6.07 Å². The fourth-order valence-corrected chi connectivity index (χ4v) is 1.97. The van der Waals surface area contributed by atoms with Crippen molar-refractivity contribution in [2.24, 2.45) is 0 Å². The number of benzene rings is 1. The van der Waals surface area contributed by atoms with Crippen LogP contribution >= 0.6 is 0 Å². The van der Waals surface area contributed by atoms with E-state index in [2.05, 4.69) is 5.32 Å². The van der Waals surface area contributed by atoms with Crippen LogP contribution in [-0.2, 0) is 0 Å². The summed E-state index contributed by atoms with van der Waals surface area (Å²) in [5, 5.41) is 12.2. The van der Waals surface area contributed by atoms with Crippen molar-refractivity contribution in [3.63, 3.8) is 0 Å². The zero-order valence-electron chi connectivity index (χ0n) is 8.16. The monoisotopic (exact) mass is 209 g/mol. The van der Waals surface area contributed by atoms with E-state index in [0.29, 0.717) is 5.56 Å². The third-order valence-electron chi connectivity index (χ3n) is 2.68. The molecule has 1 saturated heterocycles. The molecular formula is C11H12FNO2. The molecule has 0 saturated carbocycles. The van der Waals surface area contributed by atoms with Crippen LogP contribution < -0.4 is 5.32 Å². The normalized spacial score (nSPS) is 20.5. The van der Waals surface area contributed by atoms with Crippen molar-refractivity contribution in [3.8, 4) is 0 Å². The van der Waals surface area contributed by atoms with Crippen LogP contribution in [-0.4, -0.2) is 17.6 Å². The lowest BCUT2D eigenvalue weighted by Gasteiger charge is -2.13. The summed E-state index contributed by atoms with van der Waals surface area (Å²) in [6.45, 7) is 0.890. The molecule has 0 radical (unpaired) electrons. The molecule has 2 N–H and O–H groups in total. The van der Waals surface area contributed by atoms with E-state index in [9.17, 15) is 9.18 Å². The number of hydrogen-bond acceptors (Lipinski definition) is 2. The van der Waals surface area contributed by atoms with Gasteiger partial charge in [-0.2, -0.15) is 0 Å². The molecule has 1 aliphatic heterocycles. The summed E-state index contributed by atoms with van der Waals surface area (Å²) >= 11 is 0. The predicted molar refractivity (Wildman–Crippen MR) is 53.3 cm³/mol. The lowest BCUT2D eigenvalue weighted by Crippen LogP contribution is -2.16. The highest BCUT2D eigenvalue weighted by molar-refractivity contribution is 5.89. The highest BCUT2D eigenvalue weighted by Gasteiger charge is 2.22. The maximum absolute atomic E-state index is 12.9. The first kappa shape index (κ1) is 10.1. The average Bonchev–Trinajstić information content (AvgIpc) is 2.70. The summed E-state index contributed by atoms with van der Waals surface area (Å²) in [4.78, 5) is 10.9. The fraction of sp³-hybridized carbons (Fsp3) is 0.364.